The lowest BCUT2D eigenvalue weighted by Gasteiger charge is -2.13. The number of hydrogen-bond acceptors (Lipinski definition) is 3. The van der Waals surface area contributed by atoms with Gasteiger partial charge in [-0.3, -0.25) is 4.79 Å². The van der Waals surface area contributed by atoms with E-state index in [9.17, 15) is 4.79 Å². The number of halogens is 1. The van der Waals surface area contributed by atoms with Crippen molar-refractivity contribution in [1.29, 1.82) is 0 Å². The molecule has 16 heavy (non-hydrogen) atoms. The summed E-state index contributed by atoms with van der Waals surface area (Å²) in [5.41, 5.74) is 0.441. The monoisotopic (exact) mass is 302 g/mol. The van der Waals surface area contributed by atoms with Crippen molar-refractivity contribution in [2.45, 2.75) is 19.9 Å². The molecule has 5 heteroatoms. The molecule has 0 fully saturated rings. The van der Waals surface area contributed by atoms with Gasteiger partial charge in [-0.15, -0.1) is 0 Å². The molecule has 0 aliphatic rings. The van der Waals surface area contributed by atoms with Crippen LogP contribution in [0.3, 0.4) is 0 Å². The molecule has 1 amide bonds. The minimum Gasteiger partial charge on any atom is -0.347 e. The van der Waals surface area contributed by atoms with Gasteiger partial charge >= 0.3 is 0 Å². The van der Waals surface area contributed by atoms with Crippen LogP contribution in [-0.4, -0.2) is 28.4 Å². The summed E-state index contributed by atoms with van der Waals surface area (Å²) in [7, 11) is 0. The molecule has 88 valence electrons. The normalized spacial score (nSPS) is 12.2. The van der Waals surface area contributed by atoms with Crippen molar-refractivity contribution in [3.8, 4) is 0 Å². The number of carbonyl (C=O) groups is 1. The van der Waals surface area contributed by atoms with E-state index in [1.54, 1.807) is 12.3 Å². The summed E-state index contributed by atoms with van der Waals surface area (Å²) in [6.45, 7) is 4.10. The number of amides is 1. The van der Waals surface area contributed by atoms with E-state index in [2.05, 4.69) is 33.2 Å². The Morgan fingerprint density at radius 3 is 3.06 bits per heavy atom. The Morgan fingerprint density at radius 2 is 2.44 bits per heavy atom. The molecule has 0 spiro atoms. The van der Waals surface area contributed by atoms with Gasteiger partial charge in [0.1, 0.15) is 5.69 Å². The smallest absolute Gasteiger partial charge is 0.271 e. The minimum atomic E-state index is -0.128. The lowest BCUT2D eigenvalue weighted by molar-refractivity contribution is 0.0938. The predicted octanol–water partition coefficient (Wildman–Crippen LogP) is 2.72. The Bertz CT molecular complexity index is 360. The molecule has 0 bridgehead atoms. The average Bonchev–Trinajstić information content (AvgIpc) is 2.26. The van der Waals surface area contributed by atoms with Gasteiger partial charge in [0.05, 0.1) is 0 Å². The van der Waals surface area contributed by atoms with Crippen molar-refractivity contribution in [2.75, 3.05) is 11.5 Å². The van der Waals surface area contributed by atoms with Crippen molar-refractivity contribution in [1.82, 2.24) is 10.3 Å². The molecule has 0 radical (unpaired) electrons. The molecule has 1 N–H and O–H groups in total. The quantitative estimate of drug-likeness (QED) is 0.909. The Hall–Kier alpha value is -0.550. The number of aromatic nitrogens is 1. The van der Waals surface area contributed by atoms with Gasteiger partial charge in [-0.25, -0.2) is 4.98 Å². The summed E-state index contributed by atoms with van der Waals surface area (Å²) in [5, 5.41) is 2.92. The second kappa shape index (κ2) is 6.91. The van der Waals surface area contributed by atoms with Crippen molar-refractivity contribution in [2.24, 2.45) is 0 Å². The number of hydrogen-bond donors (Lipinski definition) is 1. The van der Waals surface area contributed by atoms with E-state index >= 15 is 0 Å². The first-order chi connectivity index (χ1) is 7.65. The maximum Gasteiger partial charge on any atom is 0.271 e. The topological polar surface area (TPSA) is 42.0 Å². The number of thioether (sulfide) groups is 1. The predicted molar refractivity (Wildman–Crippen MR) is 71.9 cm³/mol. The van der Waals surface area contributed by atoms with Crippen LogP contribution in [0.1, 0.15) is 24.3 Å². The number of nitrogens with zero attached hydrogens (tertiary/aromatic N) is 1. The molecule has 1 aromatic rings. The van der Waals surface area contributed by atoms with Crippen LogP contribution >= 0.6 is 27.7 Å². The van der Waals surface area contributed by atoms with Crippen LogP contribution in [0, 0.1) is 0 Å². The summed E-state index contributed by atoms with van der Waals surface area (Å²) < 4.78 is 0.725. The van der Waals surface area contributed by atoms with E-state index < -0.39 is 0 Å². The van der Waals surface area contributed by atoms with Crippen molar-refractivity contribution in [3.63, 3.8) is 0 Å². The SMILES string of the molecule is CCSCC(C)NC(=O)c1ncccc1Br. The minimum absolute atomic E-state index is 0.128. The third-order valence-electron chi connectivity index (χ3n) is 1.92. The molecule has 3 nitrogen and oxygen atoms in total. The van der Waals surface area contributed by atoms with E-state index in [4.69, 9.17) is 0 Å². The second-order valence-corrected chi connectivity index (χ2v) is 5.54. The number of pyridine rings is 1. The average molecular weight is 303 g/mol. The molecule has 1 atom stereocenters. The summed E-state index contributed by atoms with van der Waals surface area (Å²) in [6, 6.07) is 3.76. The highest BCUT2D eigenvalue weighted by Crippen LogP contribution is 2.13. The molecule has 0 aliphatic heterocycles. The zero-order valence-corrected chi connectivity index (χ0v) is 11.8. The van der Waals surface area contributed by atoms with Crippen molar-refractivity contribution in [3.05, 3.63) is 28.5 Å². The highest BCUT2D eigenvalue weighted by Gasteiger charge is 2.13. The van der Waals surface area contributed by atoms with Crippen LogP contribution in [0.2, 0.25) is 0 Å². The van der Waals surface area contributed by atoms with Gasteiger partial charge < -0.3 is 5.32 Å². The maximum absolute atomic E-state index is 11.8. The largest absolute Gasteiger partial charge is 0.347 e. The fraction of sp³-hybridized carbons (Fsp3) is 0.455. The van der Waals surface area contributed by atoms with Crippen LogP contribution in [0.5, 0.6) is 0 Å². The first-order valence-corrected chi connectivity index (χ1v) is 7.09. The Kier molecular flexibility index (Phi) is 5.84. The standard InChI is InChI=1S/C11H15BrN2OS/c1-3-16-7-8(2)14-11(15)10-9(12)5-4-6-13-10/h4-6,8H,3,7H2,1-2H3,(H,14,15). The summed E-state index contributed by atoms with van der Waals surface area (Å²) >= 11 is 5.12. The van der Waals surface area contributed by atoms with E-state index in [1.807, 2.05) is 24.8 Å². The van der Waals surface area contributed by atoms with Gasteiger partial charge in [-0.1, -0.05) is 6.92 Å². The third kappa shape index (κ3) is 4.14. The molecule has 1 rings (SSSR count). The first kappa shape index (κ1) is 13.5. The van der Waals surface area contributed by atoms with Crippen molar-refractivity contribution >= 4 is 33.6 Å². The van der Waals surface area contributed by atoms with Gasteiger partial charge in [0.15, 0.2) is 0 Å². The van der Waals surface area contributed by atoms with Crippen LogP contribution in [-0.2, 0) is 0 Å². The Morgan fingerprint density at radius 1 is 1.69 bits per heavy atom. The Balaban J connectivity index is 2.56. The van der Waals surface area contributed by atoms with Crippen LogP contribution in [0.15, 0.2) is 22.8 Å². The number of rotatable bonds is 5. The molecule has 0 saturated heterocycles. The van der Waals surface area contributed by atoms with Crippen LogP contribution in [0.4, 0.5) is 0 Å². The van der Waals surface area contributed by atoms with E-state index in [-0.39, 0.29) is 11.9 Å². The van der Waals surface area contributed by atoms with Gasteiger partial charge in [-0.05, 0) is 40.7 Å². The zero-order chi connectivity index (χ0) is 12.0. The fourth-order valence-electron chi connectivity index (χ4n) is 1.18. The van der Waals surface area contributed by atoms with Gasteiger partial charge in [0.2, 0.25) is 0 Å². The third-order valence-corrected chi connectivity index (χ3v) is 3.71. The highest BCUT2D eigenvalue weighted by atomic mass is 79.9. The number of nitrogens with one attached hydrogen (secondary N) is 1. The van der Waals surface area contributed by atoms with Gasteiger partial charge in [0, 0.05) is 22.5 Å². The number of carbonyl (C=O) groups excluding carboxylic acids is 1. The van der Waals surface area contributed by atoms with Crippen LogP contribution < -0.4 is 5.32 Å². The summed E-state index contributed by atoms with van der Waals surface area (Å²) in [6.07, 6.45) is 1.62. The van der Waals surface area contributed by atoms with Gasteiger partial charge in [-0.2, -0.15) is 11.8 Å². The summed E-state index contributed by atoms with van der Waals surface area (Å²) in [5.74, 6) is 1.86. The fourth-order valence-corrected chi connectivity index (χ4v) is 2.29. The lowest BCUT2D eigenvalue weighted by atomic mass is 10.3. The molecule has 0 saturated carbocycles. The highest BCUT2D eigenvalue weighted by molar-refractivity contribution is 9.10. The lowest BCUT2D eigenvalue weighted by Crippen LogP contribution is -2.35. The molecular weight excluding hydrogens is 288 g/mol. The maximum atomic E-state index is 11.8. The molecule has 1 unspecified atom stereocenters. The van der Waals surface area contributed by atoms with Crippen LogP contribution in [0.25, 0.3) is 0 Å². The molecule has 0 aliphatic carbocycles. The summed E-state index contributed by atoms with van der Waals surface area (Å²) in [4.78, 5) is 15.9. The molecule has 1 aromatic heterocycles. The molecular formula is C11H15BrN2OS. The zero-order valence-electron chi connectivity index (χ0n) is 9.37. The Labute approximate surface area is 109 Å². The first-order valence-electron chi connectivity index (χ1n) is 5.14. The van der Waals surface area contributed by atoms with Crippen molar-refractivity contribution < 1.29 is 4.79 Å². The van der Waals surface area contributed by atoms with E-state index in [0.717, 1.165) is 16.0 Å². The second-order valence-electron chi connectivity index (χ2n) is 3.37. The molecule has 1 heterocycles. The van der Waals surface area contributed by atoms with E-state index in [0.29, 0.717) is 5.69 Å². The van der Waals surface area contributed by atoms with E-state index in [1.165, 1.54) is 0 Å². The molecule has 0 aromatic carbocycles. The van der Waals surface area contributed by atoms with Gasteiger partial charge in [0.25, 0.3) is 5.91 Å².